The molecule has 0 aliphatic carbocycles. The van der Waals surface area contributed by atoms with Crippen LogP contribution in [0, 0.1) is 6.92 Å². The van der Waals surface area contributed by atoms with Crippen LogP contribution in [0.1, 0.15) is 18.1 Å². The van der Waals surface area contributed by atoms with E-state index in [1.807, 2.05) is 13.0 Å². The van der Waals surface area contributed by atoms with Crippen molar-refractivity contribution in [3.05, 3.63) is 29.3 Å². The van der Waals surface area contributed by atoms with Gasteiger partial charge < -0.3 is 10.1 Å². The number of hydrogen-bond donors (Lipinski definition) is 1. The predicted molar refractivity (Wildman–Crippen MR) is 55.2 cm³/mol. The number of aryl methyl sites for hydroxylation is 1. The first-order valence-corrected chi connectivity index (χ1v) is 4.89. The van der Waals surface area contributed by atoms with Crippen molar-refractivity contribution >= 4 is 0 Å². The SMILES string of the molecule is CCNCc1cccc(C)c1OC(F)F. The molecule has 0 spiro atoms. The van der Waals surface area contributed by atoms with E-state index in [-0.39, 0.29) is 5.75 Å². The van der Waals surface area contributed by atoms with Gasteiger partial charge in [0.05, 0.1) is 0 Å². The Morgan fingerprint density at radius 2 is 2.13 bits per heavy atom. The molecule has 0 aliphatic heterocycles. The van der Waals surface area contributed by atoms with Crippen LogP contribution < -0.4 is 10.1 Å². The lowest BCUT2D eigenvalue weighted by atomic mass is 10.1. The summed E-state index contributed by atoms with van der Waals surface area (Å²) in [7, 11) is 0. The Labute approximate surface area is 88.3 Å². The molecular weight excluding hydrogens is 200 g/mol. The van der Waals surface area contributed by atoms with Crippen LogP contribution in [-0.2, 0) is 6.54 Å². The van der Waals surface area contributed by atoms with E-state index >= 15 is 0 Å². The molecule has 2 nitrogen and oxygen atoms in total. The van der Waals surface area contributed by atoms with Crippen LogP contribution in [0.15, 0.2) is 18.2 Å². The first-order chi connectivity index (χ1) is 7.15. The average Bonchev–Trinajstić information content (AvgIpc) is 2.18. The Bertz CT molecular complexity index is 315. The molecule has 15 heavy (non-hydrogen) atoms. The van der Waals surface area contributed by atoms with Crippen LogP contribution in [-0.4, -0.2) is 13.2 Å². The van der Waals surface area contributed by atoms with Gasteiger partial charge in [-0.3, -0.25) is 0 Å². The highest BCUT2D eigenvalue weighted by Crippen LogP contribution is 2.24. The lowest BCUT2D eigenvalue weighted by Gasteiger charge is -2.13. The number of para-hydroxylation sites is 1. The second-order valence-electron chi connectivity index (χ2n) is 3.22. The summed E-state index contributed by atoms with van der Waals surface area (Å²) in [4.78, 5) is 0. The minimum Gasteiger partial charge on any atom is -0.434 e. The second-order valence-corrected chi connectivity index (χ2v) is 3.22. The van der Waals surface area contributed by atoms with Gasteiger partial charge in [-0.2, -0.15) is 8.78 Å². The quantitative estimate of drug-likeness (QED) is 0.815. The van der Waals surface area contributed by atoms with Gasteiger partial charge in [-0.05, 0) is 19.0 Å². The molecule has 4 heteroatoms. The molecule has 0 saturated carbocycles. The lowest BCUT2D eigenvalue weighted by Crippen LogP contribution is -2.14. The van der Waals surface area contributed by atoms with Gasteiger partial charge in [0, 0.05) is 12.1 Å². The molecule has 0 saturated heterocycles. The van der Waals surface area contributed by atoms with E-state index in [1.54, 1.807) is 19.1 Å². The largest absolute Gasteiger partial charge is 0.434 e. The fourth-order valence-corrected chi connectivity index (χ4v) is 1.37. The third-order valence-corrected chi connectivity index (χ3v) is 2.07. The molecule has 1 N–H and O–H groups in total. The van der Waals surface area contributed by atoms with Gasteiger partial charge in [0.15, 0.2) is 0 Å². The predicted octanol–water partition coefficient (Wildman–Crippen LogP) is 2.71. The molecule has 0 amide bonds. The lowest BCUT2D eigenvalue weighted by molar-refractivity contribution is -0.0509. The maximum absolute atomic E-state index is 12.2. The summed E-state index contributed by atoms with van der Waals surface area (Å²) in [6, 6.07) is 5.38. The molecule has 0 unspecified atom stereocenters. The zero-order chi connectivity index (χ0) is 11.3. The van der Waals surface area contributed by atoms with Gasteiger partial charge >= 0.3 is 6.61 Å². The number of ether oxygens (including phenoxy) is 1. The van der Waals surface area contributed by atoms with Gasteiger partial charge in [0.25, 0.3) is 0 Å². The summed E-state index contributed by atoms with van der Waals surface area (Å²) in [5.74, 6) is 0.286. The first kappa shape index (κ1) is 11.9. The molecule has 1 rings (SSSR count). The van der Waals surface area contributed by atoms with E-state index in [0.29, 0.717) is 6.54 Å². The van der Waals surface area contributed by atoms with Gasteiger partial charge in [-0.1, -0.05) is 25.1 Å². The Balaban J connectivity index is 2.87. The van der Waals surface area contributed by atoms with E-state index in [4.69, 9.17) is 0 Å². The number of alkyl halides is 2. The second kappa shape index (κ2) is 5.66. The summed E-state index contributed by atoms with van der Waals surface area (Å²) in [5.41, 5.74) is 1.49. The third kappa shape index (κ3) is 3.47. The van der Waals surface area contributed by atoms with Crippen molar-refractivity contribution in [3.63, 3.8) is 0 Å². The van der Waals surface area contributed by atoms with Crippen molar-refractivity contribution in [2.24, 2.45) is 0 Å². The molecular formula is C11H15F2NO. The normalized spacial score (nSPS) is 10.7. The number of nitrogens with one attached hydrogen (secondary N) is 1. The number of hydrogen-bond acceptors (Lipinski definition) is 2. The summed E-state index contributed by atoms with van der Waals surface area (Å²) in [6.07, 6.45) is 0. The maximum atomic E-state index is 12.2. The zero-order valence-corrected chi connectivity index (χ0v) is 8.89. The van der Waals surface area contributed by atoms with Crippen LogP contribution in [0.4, 0.5) is 8.78 Å². The van der Waals surface area contributed by atoms with Crippen molar-refractivity contribution in [2.75, 3.05) is 6.54 Å². The van der Waals surface area contributed by atoms with Crippen molar-refractivity contribution < 1.29 is 13.5 Å². The highest BCUT2D eigenvalue weighted by atomic mass is 19.3. The summed E-state index contributed by atoms with van der Waals surface area (Å²) in [6.45, 7) is 2.28. The third-order valence-electron chi connectivity index (χ3n) is 2.07. The van der Waals surface area contributed by atoms with E-state index in [2.05, 4.69) is 10.1 Å². The number of halogens is 2. The monoisotopic (exact) mass is 215 g/mol. The molecule has 0 fully saturated rings. The van der Waals surface area contributed by atoms with Crippen LogP contribution in [0.25, 0.3) is 0 Å². The van der Waals surface area contributed by atoms with Gasteiger partial charge in [0.2, 0.25) is 0 Å². The summed E-state index contributed by atoms with van der Waals surface area (Å²) >= 11 is 0. The minimum absolute atomic E-state index is 0.286. The zero-order valence-electron chi connectivity index (χ0n) is 8.89. The first-order valence-electron chi connectivity index (χ1n) is 4.89. The molecule has 0 atom stereocenters. The van der Waals surface area contributed by atoms with E-state index in [1.165, 1.54) is 0 Å². The van der Waals surface area contributed by atoms with Gasteiger partial charge in [0.1, 0.15) is 5.75 Å². The van der Waals surface area contributed by atoms with Crippen molar-refractivity contribution in [1.29, 1.82) is 0 Å². The molecule has 1 aromatic carbocycles. The maximum Gasteiger partial charge on any atom is 0.387 e. The summed E-state index contributed by atoms with van der Waals surface area (Å²) in [5, 5.41) is 3.08. The number of rotatable bonds is 5. The smallest absolute Gasteiger partial charge is 0.387 e. The number of benzene rings is 1. The highest BCUT2D eigenvalue weighted by Gasteiger charge is 2.11. The standard InChI is InChI=1S/C11H15F2NO/c1-3-14-7-9-6-4-5-8(2)10(9)15-11(12)13/h4-6,11,14H,3,7H2,1-2H3. The van der Waals surface area contributed by atoms with E-state index in [9.17, 15) is 8.78 Å². The van der Waals surface area contributed by atoms with Gasteiger partial charge in [-0.15, -0.1) is 0 Å². The Hall–Kier alpha value is -1.16. The fourth-order valence-electron chi connectivity index (χ4n) is 1.37. The van der Waals surface area contributed by atoms with Gasteiger partial charge in [-0.25, -0.2) is 0 Å². The minimum atomic E-state index is -2.77. The molecule has 0 aliphatic rings. The fraction of sp³-hybridized carbons (Fsp3) is 0.455. The Kier molecular flexibility index (Phi) is 4.49. The molecule has 84 valence electrons. The van der Waals surface area contributed by atoms with Crippen LogP contribution >= 0.6 is 0 Å². The van der Waals surface area contributed by atoms with Crippen LogP contribution in [0.2, 0.25) is 0 Å². The molecule has 0 radical (unpaired) electrons. The topological polar surface area (TPSA) is 21.3 Å². The Morgan fingerprint density at radius 3 is 2.73 bits per heavy atom. The van der Waals surface area contributed by atoms with E-state index in [0.717, 1.165) is 17.7 Å². The molecule has 1 aromatic rings. The van der Waals surface area contributed by atoms with Crippen LogP contribution in [0.5, 0.6) is 5.75 Å². The van der Waals surface area contributed by atoms with Crippen molar-refractivity contribution in [2.45, 2.75) is 27.0 Å². The molecule has 0 heterocycles. The molecule has 0 bridgehead atoms. The van der Waals surface area contributed by atoms with Crippen LogP contribution in [0.3, 0.4) is 0 Å². The summed E-state index contributed by atoms with van der Waals surface area (Å²) < 4.78 is 28.8. The molecule has 0 aromatic heterocycles. The van der Waals surface area contributed by atoms with E-state index < -0.39 is 6.61 Å². The Morgan fingerprint density at radius 1 is 1.40 bits per heavy atom. The highest BCUT2D eigenvalue weighted by molar-refractivity contribution is 5.40. The van der Waals surface area contributed by atoms with Crippen molar-refractivity contribution in [1.82, 2.24) is 5.32 Å². The van der Waals surface area contributed by atoms with Crippen molar-refractivity contribution in [3.8, 4) is 5.75 Å². The average molecular weight is 215 g/mol.